The Morgan fingerprint density at radius 3 is 2.52 bits per heavy atom. The lowest BCUT2D eigenvalue weighted by molar-refractivity contribution is -0.124. The number of anilines is 1. The van der Waals surface area contributed by atoms with E-state index in [0.29, 0.717) is 17.2 Å². The molecule has 0 spiro atoms. The predicted octanol–water partition coefficient (Wildman–Crippen LogP) is 2.72. The second-order valence-corrected chi connectivity index (χ2v) is 6.18. The van der Waals surface area contributed by atoms with Crippen molar-refractivity contribution in [1.29, 1.82) is 0 Å². The molecule has 1 heterocycles. The summed E-state index contributed by atoms with van der Waals surface area (Å²) in [6.07, 6.45) is 0. The number of hydrogen-bond donors (Lipinski definition) is 0. The van der Waals surface area contributed by atoms with E-state index in [1.165, 1.54) is 30.2 Å². The maximum Gasteiger partial charge on any atom is 0.257 e. The highest BCUT2D eigenvalue weighted by atomic mass is 19.1. The molecule has 0 bridgehead atoms. The summed E-state index contributed by atoms with van der Waals surface area (Å²) in [5.41, 5.74) is 0.538. The van der Waals surface area contributed by atoms with Crippen molar-refractivity contribution in [3.05, 3.63) is 53.8 Å². The van der Waals surface area contributed by atoms with Gasteiger partial charge >= 0.3 is 0 Å². The Morgan fingerprint density at radius 2 is 1.85 bits per heavy atom. The number of hydrogen-bond acceptors (Lipinski definition) is 4. The van der Waals surface area contributed by atoms with E-state index in [2.05, 4.69) is 0 Å². The van der Waals surface area contributed by atoms with Crippen LogP contribution in [0.25, 0.3) is 0 Å². The summed E-state index contributed by atoms with van der Waals surface area (Å²) in [6.45, 7) is 2.19. The molecule has 0 unspecified atom stereocenters. The normalized spacial score (nSPS) is 17.0. The first-order valence-corrected chi connectivity index (χ1v) is 8.56. The average Bonchev–Trinajstić information content (AvgIpc) is 2.69. The molecule has 0 aromatic heterocycles. The monoisotopic (exact) mass is 372 g/mol. The van der Waals surface area contributed by atoms with E-state index in [-0.39, 0.29) is 24.6 Å². The van der Waals surface area contributed by atoms with Gasteiger partial charge in [-0.3, -0.25) is 9.59 Å². The van der Waals surface area contributed by atoms with Crippen molar-refractivity contribution in [2.45, 2.75) is 13.0 Å². The summed E-state index contributed by atoms with van der Waals surface area (Å²) in [6, 6.07) is 10.2. The van der Waals surface area contributed by atoms with Crippen molar-refractivity contribution in [3.63, 3.8) is 0 Å². The minimum atomic E-state index is -0.734. The maximum atomic E-state index is 14.0. The van der Waals surface area contributed by atoms with E-state index in [4.69, 9.17) is 9.47 Å². The second kappa shape index (κ2) is 7.65. The third kappa shape index (κ3) is 3.45. The van der Waals surface area contributed by atoms with Crippen LogP contribution in [0.3, 0.4) is 0 Å². The van der Waals surface area contributed by atoms with E-state index < -0.39 is 17.8 Å². The number of nitrogens with zero attached hydrogens (tertiary/aromatic N) is 2. The van der Waals surface area contributed by atoms with Gasteiger partial charge < -0.3 is 19.3 Å². The first-order chi connectivity index (χ1) is 13.0. The van der Waals surface area contributed by atoms with Crippen LogP contribution in [0.2, 0.25) is 0 Å². The lowest BCUT2D eigenvalue weighted by atomic mass is 10.1. The van der Waals surface area contributed by atoms with Gasteiger partial charge in [-0.25, -0.2) is 4.39 Å². The Hall–Kier alpha value is -3.09. The van der Waals surface area contributed by atoms with Crippen LogP contribution >= 0.6 is 0 Å². The largest absolute Gasteiger partial charge is 0.497 e. The number of amides is 2. The van der Waals surface area contributed by atoms with Gasteiger partial charge in [0.1, 0.15) is 23.4 Å². The number of carbonyl (C=O) groups excluding carboxylic acids is 2. The van der Waals surface area contributed by atoms with Crippen molar-refractivity contribution in [2.24, 2.45) is 0 Å². The molecule has 6 nitrogen and oxygen atoms in total. The van der Waals surface area contributed by atoms with Crippen molar-refractivity contribution in [2.75, 3.05) is 32.2 Å². The summed E-state index contributed by atoms with van der Waals surface area (Å²) in [5.74, 6) is -0.232. The average molecular weight is 372 g/mol. The third-order valence-corrected chi connectivity index (χ3v) is 4.70. The minimum absolute atomic E-state index is 0.0374. The molecule has 27 heavy (non-hydrogen) atoms. The maximum absolute atomic E-state index is 14.0. The first kappa shape index (κ1) is 18.7. The van der Waals surface area contributed by atoms with Crippen LogP contribution in [0.5, 0.6) is 11.5 Å². The molecule has 0 radical (unpaired) electrons. The highest BCUT2D eigenvalue weighted by Crippen LogP contribution is 2.34. The van der Waals surface area contributed by atoms with E-state index in [9.17, 15) is 14.0 Å². The van der Waals surface area contributed by atoms with Crippen molar-refractivity contribution >= 4 is 17.5 Å². The number of methoxy groups -OCH3 is 2. The fourth-order valence-corrected chi connectivity index (χ4v) is 3.18. The van der Waals surface area contributed by atoms with Gasteiger partial charge in [0.2, 0.25) is 5.91 Å². The zero-order valence-corrected chi connectivity index (χ0v) is 15.4. The molecule has 7 heteroatoms. The van der Waals surface area contributed by atoms with E-state index in [1.54, 1.807) is 43.2 Å². The molecule has 1 aliphatic rings. The lowest BCUT2D eigenvalue weighted by Crippen LogP contribution is -2.58. The first-order valence-electron chi connectivity index (χ1n) is 8.56. The molecule has 1 aliphatic heterocycles. The number of halogens is 1. The Kier molecular flexibility index (Phi) is 5.30. The van der Waals surface area contributed by atoms with Crippen LogP contribution in [0, 0.1) is 5.82 Å². The highest BCUT2D eigenvalue weighted by Gasteiger charge is 2.37. The summed E-state index contributed by atoms with van der Waals surface area (Å²) < 4.78 is 24.6. The number of piperazine rings is 1. The Balaban J connectivity index is 1.87. The van der Waals surface area contributed by atoms with Gasteiger partial charge in [-0.15, -0.1) is 0 Å². The van der Waals surface area contributed by atoms with Gasteiger partial charge in [-0.1, -0.05) is 12.1 Å². The highest BCUT2D eigenvalue weighted by molar-refractivity contribution is 6.04. The van der Waals surface area contributed by atoms with Gasteiger partial charge in [0, 0.05) is 19.2 Å². The summed E-state index contributed by atoms with van der Waals surface area (Å²) >= 11 is 0. The number of benzene rings is 2. The fourth-order valence-electron chi connectivity index (χ4n) is 3.18. The molecular weight excluding hydrogens is 351 g/mol. The molecule has 1 saturated heterocycles. The van der Waals surface area contributed by atoms with Gasteiger partial charge in [0.05, 0.1) is 25.5 Å². The number of carbonyl (C=O) groups is 2. The molecule has 142 valence electrons. The Bertz CT molecular complexity index is 871. The van der Waals surface area contributed by atoms with Crippen LogP contribution < -0.4 is 14.4 Å². The Morgan fingerprint density at radius 1 is 1.11 bits per heavy atom. The zero-order chi connectivity index (χ0) is 19.6. The van der Waals surface area contributed by atoms with Crippen LogP contribution in [-0.2, 0) is 4.79 Å². The van der Waals surface area contributed by atoms with Crippen molar-refractivity contribution < 1.29 is 23.5 Å². The molecule has 2 amide bonds. The van der Waals surface area contributed by atoms with E-state index >= 15 is 0 Å². The van der Waals surface area contributed by atoms with Crippen LogP contribution in [0.1, 0.15) is 17.3 Å². The third-order valence-electron chi connectivity index (χ3n) is 4.70. The Labute approximate surface area is 157 Å². The van der Waals surface area contributed by atoms with Crippen LogP contribution in [0.4, 0.5) is 10.1 Å². The molecule has 3 rings (SSSR count). The SMILES string of the molecule is COc1ccc(OC)c(N2CCN(C(=O)c3ccccc3F)[C@H](C)C2=O)c1. The summed E-state index contributed by atoms with van der Waals surface area (Å²) in [5, 5.41) is 0. The molecule has 1 fully saturated rings. The number of ether oxygens (including phenoxy) is 2. The molecule has 1 atom stereocenters. The smallest absolute Gasteiger partial charge is 0.257 e. The van der Waals surface area contributed by atoms with Crippen LogP contribution in [-0.4, -0.2) is 50.1 Å². The quantitative estimate of drug-likeness (QED) is 0.828. The van der Waals surface area contributed by atoms with Gasteiger partial charge in [-0.2, -0.15) is 0 Å². The predicted molar refractivity (Wildman–Crippen MR) is 98.8 cm³/mol. The minimum Gasteiger partial charge on any atom is -0.497 e. The van der Waals surface area contributed by atoms with Gasteiger partial charge in [0.25, 0.3) is 5.91 Å². The van der Waals surface area contributed by atoms with Crippen molar-refractivity contribution in [1.82, 2.24) is 4.90 Å². The molecule has 2 aromatic rings. The second-order valence-electron chi connectivity index (χ2n) is 6.18. The summed E-state index contributed by atoms with van der Waals surface area (Å²) in [4.78, 5) is 28.6. The zero-order valence-electron chi connectivity index (χ0n) is 15.4. The number of rotatable bonds is 4. The molecular formula is C20H21FN2O4. The molecule has 0 saturated carbocycles. The topological polar surface area (TPSA) is 59.1 Å². The van der Waals surface area contributed by atoms with E-state index in [1.807, 2.05) is 0 Å². The molecule has 0 aliphatic carbocycles. The van der Waals surface area contributed by atoms with E-state index in [0.717, 1.165) is 0 Å². The van der Waals surface area contributed by atoms with Crippen molar-refractivity contribution in [3.8, 4) is 11.5 Å². The summed E-state index contributed by atoms with van der Waals surface area (Å²) in [7, 11) is 3.07. The fraction of sp³-hybridized carbons (Fsp3) is 0.300. The van der Waals surface area contributed by atoms with Crippen LogP contribution in [0.15, 0.2) is 42.5 Å². The van der Waals surface area contributed by atoms with Gasteiger partial charge in [-0.05, 0) is 31.2 Å². The lowest BCUT2D eigenvalue weighted by Gasteiger charge is -2.39. The molecule has 0 N–H and O–H groups in total. The molecule has 2 aromatic carbocycles. The van der Waals surface area contributed by atoms with Gasteiger partial charge in [0.15, 0.2) is 0 Å². The standard InChI is InChI=1S/C20H21FN2O4/c1-13-19(24)23(17-12-14(26-2)8-9-18(17)27-3)11-10-22(13)20(25)15-6-4-5-7-16(15)21/h4-9,12-13H,10-11H2,1-3H3/t13-/m1/s1.